The van der Waals surface area contributed by atoms with Crippen LogP contribution in [0.3, 0.4) is 0 Å². The van der Waals surface area contributed by atoms with E-state index in [0.717, 1.165) is 18.4 Å². The lowest BCUT2D eigenvalue weighted by Crippen LogP contribution is -2.52. The highest BCUT2D eigenvalue weighted by Gasteiger charge is 2.33. The van der Waals surface area contributed by atoms with Crippen LogP contribution >= 0.6 is 12.6 Å². The van der Waals surface area contributed by atoms with Crippen molar-refractivity contribution in [3.63, 3.8) is 0 Å². The quantitative estimate of drug-likeness (QED) is 0.668. The van der Waals surface area contributed by atoms with Crippen molar-refractivity contribution in [3.05, 3.63) is 35.9 Å². The number of amides is 2. The maximum absolute atomic E-state index is 12.6. The monoisotopic (exact) mass is 364 g/mol. The molecule has 0 saturated carbocycles. The van der Waals surface area contributed by atoms with Crippen LogP contribution in [0.4, 0.5) is 0 Å². The third-order valence-corrected chi connectivity index (χ3v) is 4.84. The second kappa shape index (κ2) is 8.89. The Bertz CT molecular complexity index is 623. The number of likely N-dealkylation sites (tertiary alicyclic amines) is 1. The summed E-state index contributed by atoms with van der Waals surface area (Å²) in [5.74, 6) is -1.69. The molecule has 136 valence electrons. The molecule has 6 nitrogen and oxygen atoms in total. The normalized spacial score (nSPS) is 22.2. The third-order valence-electron chi connectivity index (χ3n) is 4.42. The lowest BCUT2D eigenvalue weighted by Gasteiger charge is -2.28. The number of carbonyl (C=O) groups is 3. The van der Waals surface area contributed by atoms with E-state index in [1.165, 1.54) is 4.90 Å². The van der Waals surface area contributed by atoms with Crippen LogP contribution in [-0.4, -0.2) is 51.7 Å². The lowest BCUT2D eigenvalue weighted by atomic mass is 10.1. The number of nitrogens with zero attached hydrogens (tertiary/aromatic N) is 1. The van der Waals surface area contributed by atoms with Gasteiger partial charge in [0, 0.05) is 6.04 Å². The van der Waals surface area contributed by atoms with Crippen molar-refractivity contribution in [1.82, 2.24) is 10.2 Å². The van der Waals surface area contributed by atoms with Gasteiger partial charge in [-0.05, 0) is 38.2 Å². The zero-order valence-electron chi connectivity index (χ0n) is 14.2. The molecule has 1 aromatic carbocycles. The summed E-state index contributed by atoms with van der Waals surface area (Å²) < 4.78 is 0. The summed E-state index contributed by atoms with van der Waals surface area (Å²) in [6.45, 7) is 1.49. The maximum Gasteiger partial charge on any atom is 0.323 e. The van der Waals surface area contributed by atoms with Gasteiger partial charge in [0.25, 0.3) is 0 Å². The highest BCUT2D eigenvalue weighted by Crippen LogP contribution is 2.18. The zero-order chi connectivity index (χ0) is 18.4. The van der Waals surface area contributed by atoms with E-state index in [0.29, 0.717) is 12.8 Å². The summed E-state index contributed by atoms with van der Waals surface area (Å²) in [5.41, 5.74) is 0.992. The van der Waals surface area contributed by atoms with Gasteiger partial charge in [0.15, 0.2) is 0 Å². The van der Waals surface area contributed by atoms with E-state index in [1.54, 1.807) is 0 Å². The van der Waals surface area contributed by atoms with Gasteiger partial charge < -0.3 is 15.3 Å². The van der Waals surface area contributed by atoms with Crippen LogP contribution in [0.2, 0.25) is 0 Å². The van der Waals surface area contributed by atoms with Crippen LogP contribution in [0.15, 0.2) is 30.3 Å². The molecule has 2 rings (SSSR count). The third kappa shape index (κ3) is 5.49. The molecule has 25 heavy (non-hydrogen) atoms. The summed E-state index contributed by atoms with van der Waals surface area (Å²) in [7, 11) is 0. The second-order valence-corrected chi connectivity index (χ2v) is 7.03. The molecule has 1 saturated heterocycles. The fraction of sp³-hybridized carbons (Fsp3) is 0.500. The van der Waals surface area contributed by atoms with Crippen molar-refractivity contribution >= 4 is 30.4 Å². The molecule has 1 aliphatic rings. The minimum Gasteiger partial charge on any atom is -0.480 e. The largest absolute Gasteiger partial charge is 0.480 e. The molecule has 7 heteroatoms. The Morgan fingerprint density at radius 3 is 2.64 bits per heavy atom. The molecule has 3 atom stereocenters. The predicted molar refractivity (Wildman–Crippen MR) is 97.5 cm³/mol. The van der Waals surface area contributed by atoms with Crippen LogP contribution < -0.4 is 5.32 Å². The average Bonchev–Trinajstić information content (AvgIpc) is 2.69. The molecule has 2 amide bonds. The Kier molecular flexibility index (Phi) is 6.87. The van der Waals surface area contributed by atoms with Crippen LogP contribution in [0.25, 0.3) is 0 Å². The summed E-state index contributed by atoms with van der Waals surface area (Å²) in [6.07, 6.45) is 2.45. The van der Waals surface area contributed by atoms with E-state index in [2.05, 4.69) is 17.9 Å². The molecule has 0 spiro atoms. The molecule has 0 unspecified atom stereocenters. The van der Waals surface area contributed by atoms with Crippen LogP contribution in [0.1, 0.15) is 31.7 Å². The lowest BCUT2D eigenvalue weighted by molar-refractivity contribution is -0.147. The summed E-state index contributed by atoms with van der Waals surface area (Å²) in [6, 6.07) is 8.69. The number of carboxylic acid groups (broad SMARTS) is 1. The summed E-state index contributed by atoms with van der Waals surface area (Å²) in [5, 5.41) is 11.2. The Morgan fingerprint density at radius 1 is 1.32 bits per heavy atom. The first-order valence-electron chi connectivity index (χ1n) is 8.43. The van der Waals surface area contributed by atoms with Crippen LogP contribution in [0.5, 0.6) is 0 Å². The van der Waals surface area contributed by atoms with Crippen molar-refractivity contribution in [2.24, 2.45) is 0 Å². The minimum absolute atomic E-state index is 0.151. The van der Waals surface area contributed by atoms with Gasteiger partial charge in [-0.25, -0.2) is 0 Å². The van der Waals surface area contributed by atoms with Crippen molar-refractivity contribution < 1.29 is 19.5 Å². The van der Waals surface area contributed by atoms with E-state index in [9.17, 15) is 14.4 Å². The highest BCUT2D eigenvalue weighted by atomic mass is 32.1. The Balaban J connectivity index is 2.00. The number of nitrogens with one attached hydrogen (secondary N) is 1. The van der Waals surface area contributed by atoms with Gasteiger partial charge in [-0.15, -0.1) is 0 Å². The van der Waals surface area contributed by atoms with Crippen molar-refractivity contribution in [2.75, 3.05) is 6.54 Å². The molecule has 1 aliphatic heterocycles. The van der Waals surface area contributed by atoms with Gasteiger partial charge in [0.05, 0.1) is 5.25 Å². The standard InChI is InChI=1S/C18H24N2O4S/c1-12-6-5-9-14(18(24)20(12)11-16(21)22)19-17(23)15(25)10-13-7-3-2-4-8-13/h2-4,7-8,12,14-15,25H,5-6,9-11H2,1H3,(H,19,23)(H,21,22)/t12-,14-,15-/m1/s1. The van der Waals surface area contributed by atoms with E-state index in [-0.39, 0.29) is 24.4 Å². The summed E-state index contributed by atoms with van der Waals surface area (Å²) >= 11 is 4.36. The number of thiol groups is 1. The van der Waals surface area contributed by atoms with Gasteiger partial charge >= 0.3 is 5.97 Å². The topological polar surface area (TPSA) is 86.7 Å². The number of hydrogen-bond acceptors (Lipinski definition) is 4. The minimum atomic E-state index is -1.05. The van der Waals surface area contributed by atoms with Gasteiger partial charge in [0.2, 0.25) is 11.8 Å². The van der Waals surface area contributed by atoms with Gasteiger partial charge in [0.1, 0.15) is 12.6 Å². The predicted octanol–water partition coefficient (Wildman–Crippen LogP) is 1.50. The number of carboxylic acids is 1. The molecule has 0 bridgehead atoms. The number of benzene rings is 1. The molecular formula is C18H24N2O4S. The average molecular weight is 364 g/mol. The Hall–Kier alpha value is -2.02. The first-order chi connectivity index (χ1) is 11.9. The SMILES string of the molecule is C[C@@H]1CCC[C@@H](NC(=O)[C@H](S)Cc2ccccc2)C(=O)N1CC(=O)O. The van der Waals surface area contributed by atoms with E-state index < -0.39 is 17.3 Å². The van der Waals surface area contributed by atoms with Crippen molar-refractivity contribution in [3.8, 4) is 0 Å². The number of hydrogen-bond donors (Lipinski definition) is 3. The molecule has 0 radical (unpaired) electrons. The molecule has 1 aromatic rings. The number of aliphatic carboxylic acids is 1. The molecular weight excluding hydrogens is 340 g/mol. The fourth-order valence-electron chi connectivity index (χ4n) is 3.03. The molecule has 2 N–H and O–H groups in total. The van der Waals surface area contributed by atoms with Gasteiger partial charge in [-0.2, -0.15) is 12.6 Å². The van der Waals surface area contributed by atoms with Crippen LogP contribution in [-0.2, 0) is 20.8 Å². The number of carbonyl (C=O) groups excluding carboxylic acids is 2. The van der Waals surface area contributed by atoms with E-state index in [1.807, 2.05) is 37.3 Å². The van der Waals surface area contributed by atoms with Crippen LogP contribution in [0, 0.1) is 0 Å². The first kappa shape index (κ1) is 19.3. The zero-order valence-corrected chi connectivity index (χ0v) is 15.1. The second-order valence-electron chi connectivity index (χ2n) is 6.41. The number of rotatable bonds is 6. The summed E-state index contributed by atoms with van der Waals surface area (Å²) in [4.78, 5) is 37.4. The highest BCUT2D eigenvalue weighted by molar-refractivity contribution is 7.81. The molecule has 1 heterocycles. The van der Waals surface area contributed by atoms with Gasteiger partial charge in [-0.1, -0.05) is 30.3 Å². The Morgan fingerprint density at radius 2 is 2.00 bits per heavy atom. The van der Waals surface area contributed by atoms with Gasteiger partial charge in [-0.3, -0.25) is 14.4 Å². The smallest absolute Gasteiger partial charge is 0.323 e. The maximum atomic E-state index is 12.6. The molecule has 0 aromatic heterocycles. The Labute approximate surface area is 153 Å². The van der Waals surface area contributed by atoms with Crippen molar-refractivity contribution in [1.29, 1.82) is 0 Å². The van der Waals surface area contributed by atoms with Crippen molar-refractivity contribution in [2.45, 2.75) is 49.9 Å². The molecule has 1 fully saturated rings. The molecule has 0 aliphatic carbocycles. The van der Waals surface area contributed by atoms with E-state index >= 15 is 0 Å². The first-order valence-corrected chi connectivity index (χ1v) is 8.94. The fourth-order valence-corrected chi connectivity index (χ4v) is 3.31. The van der Waals surface area contributed by atoms with E-state index in [4.69, 9.17) is 5.11 Å².